The van der Waals surface area contributed by atoms with Crippen LogP contribution in [0.2, 0.25) is 0 Å². The van der Waals surface area contributed by atoms with E-state index >= 15 is 0 Å². The monoisotopic (exact) mass is 286 g/mol. The molecule has 0 radical (unpaired) electrons. The SMILES string of the molecule is NC(=O)CC(NC(=O)NC1CCC(=O)NC1=O)C(=O)O. The molecular formula is C10H14N4O6. The molecule has 20 heavy (non-hydrogen) atoms. The third kappa shape index (κ3) is 4.55. The second-order valence-electron chi connectivity index (χ2n) is 4.18. The maximum absolute atomic E-state index is 11.5. The summed E-state index contributed by atoms with van der Waals surface area (Å²) in [4.78, 5) is 55.3. The summed E-state index contributed by atoms with van der Waals surface area (Å²) in [6.45, 7) is 0. The van der Waals surface area contributed by atoms with Crippen LogP contribution in [0.15, 0.2) is 0 Å². The van der Waals surface area contributed by atoms with Gasteiger partial charge in [-0.15, -0.1) is 0 Å². The summed E-state index contributed by atoms with van der Waals surface area (Å²) in [5.74, 6) is -3.43. The van der Waals surface area contributed by atoms with Gasteiger partial charge in [-0.25, -0.2) is 9.59 Å². The molecule has 0 bridgehead atoms. The third-order valence-electron chi connectivity index (χ3n) is 2.55. The number of imide groups is 1. The number of hydrogen-bond donors (Lipinski definition) is 5. The fraction of sp³-hybridized carbons (Fsp3) is 0.500. The number of aliphatic carboxylic acids is 1. The molecule has 1 rings (SSSR count). The zero-order valence-electron chi connectivity index (χ0n) is 10.3. The Morgan fingerprint density at radius 3 is 2.55 bits per heavy atom. The smallest absolute Gasteiger partial charge is 0.326 e. The Labute approximate surface area is 113 Å². The molecule has 1 heterocycles. The summed E-state index contributed by atoms with van der Waals surface area (Å²) >= 11 is 0. The van der Waals surface area contributed by atoms with Gasteiger partial charge in [-0.1, -0.05) is 0 Å². The molecule has 1 aliphatic heterocycles. The lowest BCUT2D eigenvalue weighted by Gasteiger charge is -2.22. The van der Waals surface area contributed by atoms with Crippen LogP contribution in [0, 0.1) is 0 Å². The molecule has 1 fully saturated rings. The summed E-state index contributed by atoms with van der Waals surface area (Å²) in [5.41, 5.74) is 4.85. The molecule has 0 saturated carbocycles. The van der Waals surface area contributed by atoms with Gasteiger partial charge in [0.25, 0.3) is 0 Å². The number of carbonyl (C=O) groups is 5. The number of hydrogen-bond acceptors (Lipinski definition) is 5. The lowest BCUT2D eigenvalue weighted by molar-refractivity contribution is -0.140. The lowest BCUT2D eigenvalue weighted by atomic mass is 10.1. The van der Waals surface area contributed by atoms with E-state index in [2.05, 4.69) is 5.32 Å². The standard InChI is InChI=1S/C10H14N4O6/c11-6(15)3-5(9(18)19)13-10(20)12-4-1-2-7(16)14-8(4)17/h4-5H,1-3H2,(H2,11,15)(H,18,19)(H2,12,13,20)(H,14,16,17). The van der Waals surface area contributed by atoms with Crippen LogP contribution in [0.3, 0.4) is 0 Å². The molecule has 6 N–H and O–H groups in total. The second kappa shape index (κ2) is 6.50. The molecule has 0 aromatic rings. The summed E-state index contributed by atoms with van der Waals surface area (Å²) in [6, 6.07) is -3.36. The third-order valence-corrected chi connectivity index (χ3v) is 2.55. The number of piperidine rings is 1. The minimum Gasteiger partial charge on any atom is -0.480 e. The Bertz CT molecular complexity index is 463. The van der Waals surface area contributed by atoms with Crippen molar-refractivity contribution in [1.82, 2.24) is 16.0 Å². The zero-order chi connectivity index (χ0) is 15.3. The summed E-state index contributed by atoms with van der Waals surface area (Å²) in [7, 11) is 0. The Kier molecular flexibility index (Phi) is 5.01. The van der Waals surface area contributed by atoms with Crippen LogP contribution in [0.4, 0.5) is 4.79 Å². The summed E-state index contributed by atoms with van der Waals surface area (Å²) < 4.78 is 0. The maximum Gasteiger partial charge on any atom is 0.326 e. The van der Waals surface area contributed by atoms with E-state index in [1.54, 1.807) is 0 Å². The second-order valence-corrected chi connectivity index (χ2v) is 4.18. The van der Waals surface area contributed by atoms with Crippen LogP contribution < -0.4 is 21.7 Å². The first-order chi connectivity index (χ1) is 9.29. The van der Waals surface area contributed by atoms with Gasteiger partial charge in [0.2, 0.25) is 17.7 Å². The van der Waals surface area contributed by atoms with Crippen molar-refractivity contribution in [2.75, 3.05) is 0 Å². The zero-order valence-corrected chi connectivity index (χ0v) is 10.3. The highest BCUT2D eigenvalue weighted by atomic mass is 16.4. The molecule has 10 heteroatoms. The number of amides is 5. The van der Waals surface area contributed by atoms with Crippen molar-refractivity contribution in [2.24, 2.45) is 5.73 Å². The van der Waals surface area contributed by atoms with E-state index in [-0.39, 0.29) is 12.8 Å². The maximum atomic E-state index is 11.5. The molecular weight excluding hydrogens is 272 g/mol. The van der Waals surface area contributed by atoms with Crippen LogP contribution in [0.1, 0.15) is 19.3 Å². The van der Waals surface area contributed by atoms with Crippen LogP contribution in [0.5, 0.6) is 0 Å². The highest BCUT2D eigenvalue weighted by Crippen LogP contribution is 2.04. The Morgan fingerprint density at radius 1 is 1.40 bits per heavy atom. The van der Waals surface area contributed by atoms with Crippen LogP contribution in [-0.4, -0.2) is 46.9 Å². The van der Waals surface area contributed by atoms with Crippen molar-refractivity contribution in [3.63, 3.8) is 0 Å². The first kappa shape index (κ1) is 15.4. The topological polar surface area (TPSA) is 168 Å². The summed E-state index contributed by atoms with van der Waals surface area (Å²) in [6.07, 6.45) is -0.385. The van der Waals surface area contributed by atoms with Gasteiger partial charge in [-0.2, -0.15) is 0 Å². The van der Waals surface area contributed by atoms with Crippen molar-refractivity contribution in [3.05, 3.63) is 0 Å². The number of carboxylic acids is 1. The van der Waals surface area contributed by atoms with Crippen LogP contribution in [-0.2, 0) is 19.2 Å². The fourth-order valence-corrected chi connectivity index (χ4v) is 1.59. The molecule has 0 aliphatic carbocycles. The molecule has 110 valence electrons. The molecule has 0 aromatic carbocycles. The lowest BCUT2D eigenvalue weighted by Crippen LogP contribution is -2.56. The first-order valence-corrected chi connectivity index (χ1v) is 5.71. The Hall–Kier alpha value is -2.65. The van der Waals surface area contributed by atoms with Crippen molar-refractivity contribution >= 4 is 29.7 Å². The molecule has 0 spiro atoms. The molecule has 2 atom stereocenters. The van der Waals surface area contributed by atoms with Crippen LogP contribution in [0.25, 0.3) is 0 Å². The van der Waals surface area contributed by atoms with Gasteiger partial charge in [0.15, 0.2) is 0 Å². The van der Waals surface area contributed by atoms with E-state index in [1.807, 2.05) is 10.6 Å². The summed E-state index contributed by atoms with van der Waals surface area (Å²) in [5, 5.41) is 15.1. The minimum absolute atomic E-state index is 0.0698. The molecule has 10 nitrogen and oxygen atoms in total. The van der Waals surface area contributed by atoms with Crippen molar-refractivity contribution in [1.29, 1.82) is 0 Å². The van der Waals surface area contributed by atoms with Gasteiger partial charge < -0.3 is 21.5 Å². The average Bonchev–Trinajstić information content (AvgIpc) is 2.31. The van der Waals surface area contributed by atoms with Crippen molar-refractivity contribution in [3.8, 4) is 0 Å². The molecule has 2 unspecified atom stereocenters. The number of nitrogens with one attached hydrogen (secondary N) is 3. The van der Waals surface area contributed by atoms with E-state index in [4.69, 9.17) is 10.8 Å². The minimum atomic E-state index is -1.49. The van der Waals surface area contributed by atoms with E-state index in [0.29, 0.717) is 0 Å². The Morgan fingerprint density at radius 2 is 2.05 bits per heavy atom. The molecule has 1 saturated heterocycles. The molecule has 5 amide bonds. The number of nitrogens with two attached hydrogens (primary N) is 1. The number of rotatable bonds is 5. The van der Waals surface area contributed by atoms with Crippen molar-refractivity contribution < 1.29 is 29.1 Å². The number of urea groups is 1. The number of primary amides is 1. The van der Waals surface area contributed by atoms with E-state index < -0.39 is 48.2 Å². The first-order valence-electron chi connectivity index (χ1n) is 5.71. The largest absolute Gasteiger partial charge is 0.480 e. The molecule has 1 aliphatic rings. The van der Waals surface area contributed by atoms with Gasteiger partial charge in [0, 0.05) is 6.42 Å². The van der Waals surface area contributed by atoms with Gasteiger partial charge in [0.1, 0.15) is 12.1 Å². The average molecular weight is 286 g/mol. The van der Waals surface area contributed by atoms with Gasteiger partial charge in [-0.05, 0) is 6.42 Å². The van der Waals surface area contributed by atoms with Gasteiger partial charge >= 0.3 is 12.0 Å². The molecule has 0 aromatic heterocycles. The quantitative estimate of drug-likeness (QED) is 0.348. The number of carboxylic acid groups (broad SMARTS) is 1. The normalized spacial score (nSPS) is 19.7. The highest BCUT2D eigenvalue weighted by Gasteiger charge is 2.29. The van der Waals surface area contributed by atoms with E-state index in [9.17, 15) is 24.0 Å². The fourth-order valence-electron chi connectivity index (χ4n) is 1.59. The highest BCUT2D eigenvalue weighted by molar-refractivity contribution is 6.01. The predicted molar refractivity (Wildman–Crippen MR) is 63.1 cm³/mol. The van der Waals surface area contributed by atoms with Gasteiger partial charge in [0.05, 0.1) is 6.42 Å². The predicted octanol–water partition coefficient (Wildman–Crippen LogP) is -2.58. The van der Waals surface area contributed by atoms with Crippen LogP contribution >= 0.6 is 0 Å². The number of carbonyl (C=O) groups excluding carboxylic acids is 4. The Balaban J connectivity index is 2.53. The van der Waals surface area contributed by atoms with Crippen molar-refractivity contribution in [2.45, 2.75) is 31.3 Å². The van der Waals surface area contributed by atoms with E-state index in [1.165, 1.54) is 0 Å². The van der Waals surface area contributed by atoms with E-state index in [0.717, 1.165) is 0 Å². The van der Waals surface area contributed by atoms with Gasteiger partial charge in [-0.3, -0.25) is 19.7 Å².